The number of aliphatic imine (C=N–C) groups is 1. The summed E-state index contributed by atoms with van der Waals surface area (Å²) in [5.74, 6) is 0.511. The van der Waals surface area contributed by atoms with Gasteiger partial charge in [0.25, 0.3) is 0 Å². The largest absolute Gasteiger partial charge is 0.486 e. The Morgan fingerprint density at radius 2 is 1.56 bits per heavy atom. The molecule has 0 N–H and O–H groups in total. The normalized spacial score (nSPS) is 15.8. The number of piperazine rings is 1. The van der Waals surface area contributed by atoms with Crippen LogP contribution < -0.4 is 15.2 Å². The zero-order valence-electron chi connectivity index (χ0n) is 28.3. The Hall–Kier alpha value is -5.13. The van der Waals surface area contributed by atoms with Crippen molar-refractivity contribution in [1.82, 2.24) is 19.1 Å². The Balaban J connectivity index is 1.08. The molecule has 0 spiro atoms. The highest BCUT2D eigenvalue weighted by atomic mass is 32.2. The first-order valence-corrected chi connectivity index (χ1v) is 18.5. The SMILES string of the molecule is Cc1cccc(-n2ncc(N3CCN(S(=O)(=O)Cc4ccnc(N=C(c5ccccc5)c5ccccc5)c4)CC3)c(OCC3(C)CC3)c2=O)c1. The molecule has 0 unspecified atom stereocenters. The van der Waals surface area contributed by atoms with Crippen LogP contribution in [-0.4, -0.2) is 66.0 Å². The molecule has 0 radical (unpaired) electrons. The Morgan fingerprint density at radius 1 is 0.880 bits per heavy atom. The van der Waals surface area contributed by atoms with Gasteiger partial charge in [-0.3, -0.25) is 4.79 Å². The van der Waals surface area contributed by atoms with Gasteiger partial charge in [-0.15, -0.1) is 0 Å². The molecule has 1 aliphatic heterocycles. The minimum atomic E-state index is -3.66. The number of benzene rings is 3. The molecular weight excluding hydrogens is 649 g/mol. The van der Waals surface area contributed by atoms with E-state index in [1.165, 1.54) is 8.99 Å². The standard InChI is InChI=1S/C39H40N6O4S/c1-29-10-9-15-33(24-29)45-38(46)37(49-28-39(2)17-18-39)34(26-41-45)43-20-22-44(23-21-43)50(47,48)27-30-16-19-40-35(25-30)42-36(31-11-5-3-6-12-31)32-13-7-4-8-14-32/h3-16,19,24-26H,17-18,20-23,27-28H2,1-2H3. The number of aromatic nitrogens is 3. The summed E-state index contributed by atoms with van der Waals surface area (Å²) in [7, 11) is -3.66. The molecule has 0 atom stereocenters. The van der Waals surface area contributed by atoms with E-state index in [0.717, 1.165) is 35.2 Å². The van der Waals surface area contributed by atoms with E-state index in [0.29, 0.717) is 42.5 Å². The van der Waals surface area contributed by atoms with E-state index < -0.39 is 10.0 Å². The van der Waals surface area contributed by atoms with Gasteiger partial charge in [-0.05, 0) is 55.2 Å². The molecule has 1 saturated heterocycles. The minimum Gasteiger partial charge on any atom is -0.486 e. The maximum absolute atomic E-state index is 13.8. The fraction of sp³-hybridized carbons (Fsp3) is 0.282. The van der Waals surface area contributed by atoms with Gasteiger partial charge in [-0.25, -0.2) is 18.4 Å². The lowest BCUT2D eigenvalue weighted by Crippen LogP contribution is -2.49. The second-order valence-corrected chi connectivity index (χ2v) is 15.3. The van der Waals surface area contributed by atoms with Crippen LogP contribution in [0.3, 0.4) is 0 Å². The van der Waals surface area contributed by atoms with Crippen LogP contribution in [0.4, 0.5) is 11.5 Å². The molecule has 2 aromatic heterocycles. The number of hydrogen-bond donors (Lipinski definition) is 0. The maximum Gasteiger partial charge on any atom is 0.316 e. The van der Waals surface area contributed by atoms with Gasteiger partial charge in [0.15, 0.2) is 5.82 Å². The summed E-state index contributed by atoms with van der Waals surface area (Å²) < 4.78 is 36.5. The summed E-state index contributed by atoms with van der Waals surface area (Å²) in [6.45, 7) is 5.89. The number of nitrogens with zero attached hydrogens (tertiary/aromatic N) is 6. The molecule has 10 nitrogen and oxygen atoms in total. The lowest BCUT2D eigenvalue weighted by Gasteiger charge is -2.35. The van der Waals surface area contributed by atoms with E-state index in [1.807, 2.05) is 96.8 Å². The third kappa shape index (κ3) is 7.54. The van der Waals surface area contributed by atoms with Crippen molar-refractivity contribution in [3.63, 3.8) is 0 Å². The molecule has 1 aliphatic carbocycles. The van der Waals surface area contributed by atoms with E-state index >= 15 is 0 Å². The third-order valence-electron chi connectivity index (χ3n) is 9.28. The lowest BCUT2D eigenvalue weighted by molar-refractivity contribution is 0.242. The second kappa shape index (κ2) is 14.0. The van der Waals surface area contributed by atoms with Gasteiger partial charge in [-0.1, -0.05) is 79.7 Å². The summed E-state index contributed by atoms with van der Waals surface area (Å²) in [5.41, 5.74) is 5.25. The van der Waals surface area contributed by atoms with Crippen LogP contribution in [0.2, 0.25) is 0 Å². The van der Waals surface area contributed by atoms with Crippen LogP contribution in [0.15, 0.2) is 119 Å². The maximum atomic E-state index is 13.8. The Labute approximate surface area is 292 Å². The van der Waals surface area contributed by atoms with E-state index in [-0.39, 0.29) is 35.6 Å². The van der Waals surface area contributed by atoms with Crippen molar-refractivity contribution in [2.75, 3.05) is 37.7 Å². The van der Waals surface area contributed by atoms with Gasteiger partial charge < -0.3 is 9.64 Å². The van der Waals surface area contributed by atoms with Gasteiger partial charge in [-0.2, -0.15) is 14.1 Å². The van der Waals surface area contributed by atoms with E-state index in [1.54, 1.807) is 24.5 Å². The first-order chi connectivity index (χ1) is 24.2. The van der Waals surface area contributed by atoms with E-state index in [4.69, 9.17) is 9.73 Å². The topological polar surface area (TPSA) is 110 Å². The minimum absolute atomic E-state index is 0.0662. The number of pyridine rings is 1. The number of anilines is 1. The van der Waals surface area contributed by atoms with Crippen molar-refractivity contribution in [2.45, 2.75) is 32.4 Å². The average molecular weight is 689 g/mol. The van der Waals surface area contributed by atoms with E-state index in [9.17, 15) is 13.2 Å². The third-order valence-corrected chi connectivity index (χ3v) is 11.1. The van der Waals surface area contributed by atoms with Crippen LogP contribution in [0.25, 0.3) is 5.69 Å². The molecule has 2 fully saturated rings. The molecule has 11 heteroatoms. The molecule has 2 aliphatic rings. The van der Waals surface area contributed by atoms with Gasteiger partial charge in [0.2, 0.25) is 15.8 Å². The predicted molar refractivity (Wildman–Crippen MR) is 196 cm³/mol. The van der Waals surface area contributed by atoms with E-state index in [2.05, 4.69) is 17.0 Å². The number of hydrogen-bond acceptors (Lipinski definition) is 8. The van der Waals surface area contributed by atoms with Crippen LogP contribution in [0.5, 0.6) is 5.75 Å². The molecule has 7 rings (SSSR count). The van der Waals surface area contributed by atoms with Crippen molar-refractivity contribution in [3.8, 4) is 11.4 Å². The van der Waals surface area contributed by atoms with Crippen molar-refractivity contribution >= 4 is 27.2 Å². The highest BCUT2D eigenvalue weighted by molar-refractivity contribution is 7.88. The predicted octanol–water partition coefficient (Wildman–Crippen LogP) is 5.94. The quantitative estimate of drug-likeness (QED) is 0.158. The molecular formula is C39H40N6O4S. The van der Waals surface area contributed by atoms with Crippen LogP contribution in [0, 0.1) is 12.3 Å². The monoisotopic (exact) mass is 688 g/mol. The van der Waals surface area contributed by atoms with Crippen molar-refractivity contribution < 1.29 is 13.2 Å². The molecule has 5 aromatic rings. The molecule has 0 amide bonds. The summed E-state index contributed by atoms with van der Waals surface area (Å²) in [4.78, 5) is 25.1. The number of ether oxygens (including phenoxy) is 1. The highest BCUT2D eigenvalue weighted by Gasteiger charge is 2.39. The van der Waals surface area contributed by atoms with Crippen LogP contribution in [-0.2, 0) is 15.8 Å². The number of rotatable bonds is 11. The fourth-order valence-corrected chi connectivity index (χ4v) is 7.56. The Bertz CT molecular complexity index is 2130. The Kier molecular flexibility index (Phi) is 9.35. The van der Waals surface area contributed by atoms with Gasteiger partial charge in [0.1, 0.15) is 5.69 Å². The molecule has 3 heterocycles. The van der Waals surface area contributed by atoms with Crippen molar-refractivity contribution in [2.24, 2.45) is 10.4 Å². The molecule has 256 valence electrons. The van der Waals surface area contributed by atoms with Gasteiger partial charge >= 0.3 is 5.56 Å². The first-order valence-electron chi connectivity index (χ1n) is 16.9. The number of aryl methyl sites for hydroxylation is 1. The first kappa shape index (κ1) is 33.4. The van der Waals surface area contributed by atoms with Crippen LogP contribution >= 0.6 is 0 Å². The van der Waals surface area contributed by atoms with Gasteiger partial charge in [0.05, 0.1) is 30.0 Å². The highest BCUT2D eigenvalue weighted by Crippen LogP contribution is 2.45. The average Bonchev–Trinajstić information content (AvgIpc) is 3.87. The molecule has 1 saturated carbocycles. The smallest absolute Gasteiger partial charge is 0.316 e. The molecule has 50 heavy (non-hydrogen) atoms. The molecule has 3 aromatic carbocycles. The zero-order valence-corrected chi connectivity index (χ0v) is 29.1. The fourth-order valence-electron chi connectivity index (χ4n) is 6.06. The summed E-state index contributed by atoms with van der Waals surface area (Å²) in [6.07, 6.45) is 5.38. The summed E-state index contributed by atoms with van der Waals surface area (Å²) in [5, 5.41) is 4.51. The van der Waals surface area contributed by atoms with Gasteiger partial charge in [0, 0.05) is 48.9 Å². The van der Waals surface area contributed by atoms with Crippen molar-refractivity contribution in [3.05, 3.63) is 142 Å². The van der Waals surface area contributed by atoms with Crippen LogP contribution in [0.1, 0.15) is 42.0 Å². The number of sulfonamides is 1. The summed E-state index contributed by atoms with van der Waals surface area (Å²) >= 11 is 0. The molecule has 0 bridgehead atoms. The lowest BCUT2D eigenvalue weighted by atomic mass is 10.0. The van der Waals surface area contributed by atoms with Crippen molar-refractivity contribution in [1.29, 1.82) is 0 Å². The second-order valence-electron chi connectivity index (χ2n) is 13.4. The zero-order chi connectivity index (χ0) is 34.7. The summed E-state index contributed by atoms with van der Waals surface area (Å²) in [6, 6.07) is 30.8. The Morgan fingerprint density at radius 3 is 2.20 bits per heavy atom.